The van der Waals surface area contributed by atoms with Gasteiger partial charge in [0.25, 0.3) is 0 Å². The van der Waals surface area contributed by atoms with Crippen LogP contribution >= 0.6 is 23.2 Å². The van der Waals surface area contributed by atoms with Gasteiger partial charge in [0.1, 0.15) is 5.78 Å². The molecule has 0 heterocycles. The second-order valence-corrected chi connectivity index (χ2v) is 6.59. The predicted molar refractivity (Wildman–Crippen MR) is 76.3 cm³/mol. The van der Waals surface area contributed by atoms with E-state index >= 15 is 0 Å². The summed E-state index contributed by atoms with van der Waals surface area (Å²) < 4.78 is 0. The molecule has 1 atom stereocenters. The number of benzene rings is 1. The van der Waals surface area contributed by atoms with E-state index in [4.69, 9.17) is 23.2 Å². The highest BCUT2D eigenvalue weighted by molar-refractivity contribution is 6.36. The molecule has 1 unspecified atom stereocenters. The Labute approximate surface area is 118 Å². The van der Waals surface area contributed by atoms with Crippen molar-refractivity contribution in [3.63, 3.8) is 0 Å². The molecule has 98 valence electrons. The van der Waals surface area contributed by atoms with Crippen molar-refractivity contribution < 1.29 is 4.79 Å². The molecule has 1 fully saturated rings. The number of carbonyl (C=O) groups excluding carboxylic acids is 1. The van der Waals surface area contributed by atoms with Gasteiger partial charge in [-0.15, -0.1) is 0 Å². The number of ketones is 1. The minimum atomic E-state index is 0.116. The van der Waals surface area contributed by atoms with Crippen LogP contribution in [0.2, 0.25) is 10.0 Å². The Morgan fingerprint density at radius 1 is 1.33 bits per heavy atom. The SMILES string of the molecule is CC1(C)CCCC1C(=O)Cc1c(Cl)cccc1Cl. The molecule has 1 aromatic rings. The Morgan fingerprint density at radius 2 is 1.94 bits per heavy atom. The first-order valence-electron chi connectivity index (χ1n) is 6.37. The van der Waals surface area contributed by atoms with Crippen molar-refractivity contribution in [1.29, 1.82) is 0 Å². The number of hydrogen-bond donors (Lipinski definition) is 0. The van der Waals surface area contributed by atoms with Crippen LogP contribution in [0.3, 0.4) is 0 Å². The van der Waals surface area contributed by atoms with Crippen LogP contribution in [0.1, 0.15) is 38.7 Å². The molecule has 0 radical (unpaired) electrons. The standard InChI is InChI=1S/C15H18Cl2O/c1-15(2)8-4-5-11(15)14(18)9-10-12(16)6-3-7-13(10)17/h3,6-7,11H,4-5,8-9H2,1-2H3. The van der Waals surface area contributed by atoms with Crippen molar-refractivity contribution in [2.45, 2.75) is 39.5 Å². The predicted octanol–water partition coefficient (Wildman–Crippen LogP) is 4.93. The third-order valence-electron chi connectivity index (χ3n) is 4.06. The van der Waals surface area contributed by atoms with E-state index in [9.17, 15) is 4.79 Å². The average Bonchev–Trinajstić information content (AvgIpc) is 2.63. The first-order valence-corrected chi connectivity index (χ1v) is 7.13. The second-order valence-electron chi connectivity index (χ2n) is 5.78. The van der Waals surface area contributed by atoms with Gasteiger partial charge in [-0.3, -0.25) is 4.79 Å². The molecule has 0 saturated heterocycles. The summed E-state index contributed by atoms with van der Waals surface area (Å²) in [6.07, 6.45) is 3.61. The Balaban J connectivity index is 2.17. The maximum absolute atomic E-state index is 12.4. The summed E-state index contributed by atoms with van der Waals surface area (Å²) in [6.45, 7) is 4.35. The van der Waals surface area contributed by atoms with Gasteiger partial charge in [0.05, 0.1) is 0 Å². The fourth-order valence-corrected chi connectivity index (χ4v) is 3.45. The monoisotopic (exact) mass is 284 g/mol. The third kappa shape index (κ3) is 2.73. The number of hydrogen-bond acceptors (Lipinski definition) is 1. The Bertz CT molecular complexity index is 445. The van der Waals surface area contributed by atoms with Gasteiger partial charge in [0.15, 0.2) is 0 Å². The van der Waals surface area contributed by atoms with Gasteiger partial charge in [-0.2, -0.15) is 0 Å². The topological polar surface area (TPSA) is 17.1 Å². The van der Waals surface area contributed by atoms with E-state index in [2.05, 4.69) is 13.8 Å². The van der Waals surface area contributed by atoms with Gasteiger partial charge in [0.2, 0.25) is 0 Å². The minimum absolute atomic E-state index is 0.116. The van der Waals surface area contributed by atoms with Crippen LogP contribution in [0.25, 0.3) is 0 Å². The number of Topliss-reactive ketones (excluding diaryl/α,β-unsaturated/α-hetero) is 1. The lowest BCUT2D eigenvalue weighted by atomic mass is 9.78. The van der Waals surface area contributed by atoms with Crippen LogP contribution in [0.5, 0.6) is 0 Å². The maximum Gasteiger partial charge on any atom is 0.140 e. The summed E-state index contributed by atoms with van der Waals surface area (Å²) in [5, 5.41) is 1.18. The van der Waals surface area contributed by atoms with Crippen molar-refractivity contribution in [3.8, 4) is 0 Å². The van der Waals surface area contributed by atoms with Gasteiger partial charge < -0.3 is 0 Å². The summed E-state index contributed by atoms with van der Waals surface area (Å²) in [7, 11) is 0. The smallest absolute Gasteiger partial charge is 0.140 e. The van der Waals surface area contributed by atoms with Gasteiger partial charge in [-0.25, -0.2) is 0 Å². The van der Waals surface area contributed by atoms with Crippen LogP contribution in [-0.2, 0) is 11.2 Å². The second kappa shape index (κ2) is 5.22. The fourth-order valence-electron chi connectivity index (χ4n) is 2.92. The quantitative estimate of drug-likeness (QED) is 0.769. The van der Waals surface area contributed by atoms with Crippen LogP contribution in [0.15, 0.2) is 18.2 Å². The summed E-state index contributed by atoms with van der Waals surface area (Å²) in [6, 6.07) is 5.38. The molecule has 18 heavy (non-hydrogen) atoms. The van der Waals surface area contributed by atoms with Crippen LogP contribution in [0.4, 0.5) is 0 Å². The molecule has 1 saturated carbocycles. The van der Waals surface area contributed by atoms with E-state index in [0.29, 0.717) is 16.5 Å². The van der Waals surface area contributed by atoms with Crippen molar-refractivity contribution in [2.75, 3.05) is 0 Å². The highest BCUT2D eigenvalue weighted by Gasteiger charge is 2.39. The van der Waals surface area contributed by atoms with Crippen LogP contribution in [0, 0.1) is 11.3 Å². The molecule has 3 heteroatoms. The van der Waals surface area contributed by atoms with Gasteiger partial charge >= 0.3 is 0 Å². The number of rotatable bonds is 3. The molecular formula is C15H18Cl2O. The van der Waals surface area contributed by atoms with Crippen LogP contribution < -0.4 is 0 Å². The lowest BCUT2D eigenvalue weighted by Gasteiger charge is -2.26. The molecule has 1 nitrogen and oxygen atoms in total. The maximum atomic E-state index is 12.4. The first kappa shape index (κ1) is 13.9. The summed E-state index contributed by atoms with van der Waals surface area (Å²) in [5.74, 6) is 0.414. The van der Waals surface area contributed by atoms with E-state index in [1.165, 1.54) is 0 Å². The van der Waals surface area contributed by atoms with Gasteiger partial charge in [-0.1, -0.05) is 49.5 Å². The highest BCUT2D eigenvalue weighted by Crippen LogP contribution is 2.43. The Kier molecular flexibility index (Phi) is 4.03. The van der Waals surface area contributed by atoms with Gasteiger partial charge in [-0.05, 0) is 36.0 Å². The van der Waals surface area contributed by atoms with Crippen molar-refractivity contribution in [3.05, 3.63) is 33.8 Å². The molecule has 0 bridgehead atoms. The van der Waals surface area contributed by atoms with E-state index in [-0.39, 0.29) is 17.1 Å². The van der Waals surface area contributed by atoms with E-state index in [1.54, 1.807) is 18.2 Å². The lowest BCUT2D eigenvalue weighted by molar-refractivity contribution is -0.124. The fraction of sp³-hybridized carbons (Fsp3) is 0.533. The van der Waals surface area contributed by atoms with Crippen molar-refractivity contribution in [1.82, 2.24) is 0 Å². The Hall–Kier alpha value is -0.530. The molecular weight excluding hydrogens is 267 g/mol. The molecule has 1 aliphatic rings. The van der Waals surface area contributed by atoms with E-state index in [0.717, 1.165) is 24.8 Å². The molecule has 0 aromatic heterocycles. The largest absolute Gasteiger partial charge is 0.299 e. The summed E-state index contributed by atoms with van der Waals surface area (Å²) >= 11 is 12.2. The highest BCUT2D eigenvalue weighted by atomic mass is 35.5. The molecule has 0 amide bonds. The summed E-state index contributed by atoms with van der Waals surface area (Å²) in [5.41, 5.74) is 0.888. The molecule has 1 aromatic carbocycles. The molecule has 2 rings (SSSR count). The van der Waals surface area contributed by atoms with E-state index in [1.807, 2.05) is 0 Å². The third-order valence-corrected chi connectivity index (χ3v) is 4.77. The minimum Gasteiger partial charge on any atom is -0.299 e. The molecule has 0 spiro atoms. The van der Waals surface area contributed by atoms with Crippen molar-refractivity contribution >= 4 is 29.0 Å². The van der Waals surface area contributed by atoms with Gasteiger partial charge in [0, 0.05) is 22.4 Å². The first-order chi connectivity index (χ1) is 8.42. The zero-order valence-corrected chi connectivity index (χ0v) is 12.3. The van der Waals surface area contributed by atoms with E-state index < -0.39 is 0 Å². The summed E-state index contributed by atoms with van der Waals surface area (Å²) in [4.78, 5) is 12.4. The Morgan fingerprint density at radius 3 is 2.44 bits per heavy atom. The molecule has 1 aliphatic carbocycles. The average molecular weight is 285 g/mol. The number of carbonyl (C=O) groups is 1. The molecule has 0 N–H and O–H groups in total. The van der Waals surface area contributed by atoms with Crippen LogP contribution in [-0.4, -0.2) is 5.78 Å². The zero-order valence-electron chi connectivity index (χ0n) is 10.8. The lowest BCUT2D eigenvalue weighted by Crippen LogP contribution is -2.27. The normalized spacial score (nSPS) is 22.1. The zero-order chi connectivity index (χ0) is 13.3. The molecule has 0 aliphatic heterocycles. The van der Waals surface area contributed by atoms with Crippen molar-refractivity contribution in [2.24, 2.45) is 11.3 Å². The number of halogens is 2.